The summed E-state index contributed by atoms with van der Waals surface area (Å²) >= 11 is 6.20. The highest BCUT2D eigenvalue weighted by Gasteiger charge is 2.31. The summed E-state index contributed by atoms with van der Waals surface area (Å²) in [4.78, 5) is 28.1. The predicted molar refractivity (Wildman–Crippen MR) is 142 cm³/mol. The number of hydrogen-bond donors (Lipinski definition) is 1. The summed E-state index contributed by atoms with van der Waals surface area (Å²) in [6, 6.07) is 9.15. The minimum absolute atomic E-state index is 0.000657. The summed E-state index contributed by atoms with van der Waals surface area (Å²) in [7, 11) is -2.46. The zero-order chi connectivity index (χ0) is 27.2. The number of methoxy groups -OCH3 is 1. The van der Waals surface area contributed by atoms with Gasteiger partial charge in [0.05, 0.1) is 24.1 Å². The van der Waals surface area contributed by atoms with Crippen LogP contribution in [0.2, 0.25) is 5.02 Å². The van der Waals surface area contributed by atoms with Gasteiger partial charge < -0.3 is 15.0 Å². The van der Waals surface area contributed by atoms with Gasteiger partial charge in [-0.2, -0.15) is 0 Å². The Bertz CT molecular complexity index is 1200. The second-order valence-electron chi connectivity index (χ2n) is 9.26. The summed E-state index contributed by atoms with van der Waals surface area (Å²) in [6.07, 6.45) is 5.95. The van der Waals surface area contributed by atoms with E-state index in [2.05, 4.69) is 5.32 Å². The maximum Gasteiger partial charge on any atom is 0.244 e. The van der Waals surface area contributed by atoms with Crippen LogP contribution in [-0.4, -0.2) is 57.1 Å². The quantitative estimate of drug-likeness (QED) is 0.477. The fourth-order valence-electron chi connectivity index (χ4n) is 4.36. The first-order valence-corrected chi connectivity index (χ1v) is 14.4. The van der Waals surface area contributed by atoms with Gasteiger partial charge in [-0.15, -0.1) is 0 Å². The number of sulfonamides is 1. The van der Waals surface area contributed by atoms with Gasteiger partial charge in [-0.05, 0) is 55.7 Å². The molecule has 8 nitrogen and oxygen atoms in total. The van der Waals surface area contributed by atoms with E-state index in [1.54, 1.807) is 6.92 Å². The Morgan fingerprint density at radius 1 is 1.14 bits per heavy atom. The van der Waals surface area contributed by atoms with Gasteiger partial charge >= 0.3 is 0 Å². The first-order chi connectivity index (χ1) is 17.5. The summed E-state index contributed by atoms with van der Waals surface area (Å²) in [5.41, 5.74) is 0.785. The Labute approximate surface area is 222 Å². The average molecular weight is 554 g/mol. The standard InChI is InChI=1S/C26H33ClFN3O5S/c1-18(26(33)29-21-7-5-4-6-8-21)30(16-19-9-11-20(28)12-10-19)25(32)17-31(37(3,34)35)22-13-14-24(36-2)23(27)15-22/h9-15,18,21H,4-8,16-17H2,1-3H3,(H,29,33)/t18-/m1/s1. The second-order valence-corrected chi connectivity index (χ2v) is 11.6. The van der Waals surface area contributed by atoms with E-state index in [4.69, 9.17) is 16.3 Å². The molecule has 0 saturated heterocycles. The molecule has 2 aromatic carbocycles. The number of hydrogen-bond acceptors (Lipinski definition) is 5. The number of nitrogens with zero attached hydrogens (tertiary/aromatic N) is 2. The van der Waals surface area contributed by atoms with Gasteiger partial charge in [0.15, 0.2) is 0 Å². The number of halogens is 2. The van der Waals surface area contributed by atoms with Crippen molar-refractivity contribution in [3.63, 3.8) is 0 Å². The van der Waals surface area contributed by atoms with Gasteiger partial charge in [-0.3, -0.25) is 13.9 Å². The topological polar surface area (TPSA) is 96.0 Å². The van der Waals surface area contributed by atoms with Gasteiger partial charge in [-0.25, -0.2) is 12.8 Å². The molecular formula is C26H33ClFN3O5S. The first kappa shape index (κ1) is 28.7. The molecule has 2 aromatic rings. The second kappa shape index (κ2) is 12.6. The molecule has 202 valence electrons. The maximum atomic E-state index is 13.6. The lowest BCUT2D eigenvalue weighted by Crippen LogP contribution is -2.52. The van der Waals surface area contributed by atoms with Crippen LogP contribution in [0.3, 0.4) is 0 Å². The van der Waals surface area contributed by atoms with Gasteiger partial charge in [0.1, 0.15) is 24.2 Å². The van der Waals surface area contributed by atoms with Crippen molar-refractivity contribution in [1.29, 1.82) is 0 Å². The molecule has 37 heavy (non-hydrogen) atoms. The van der Waals surface area contributed by atoms with Gasteiger partial charge in [0.25, 0.3) is 0 Å². The summed E-state index contributed by atoms with van der Waals surface area (Å²) < 4.78 is 44.9. The molecule has 1 atom stereocenters. The fraction of sp³-hybridized carbons (Fsp3) is 0.462. The van der Waals surface area contributed by atoms with Crippen molar-refractivity contribution in [3.8, 4) is 5.75 Å². The van der Waals surface area contributed by atoms with E-state index >= 15 is 0 Å². The highest BCUT2D eigenvalue weighted by atomic mass is 35.5. The third-order valence-corrected chi connectivity index (χ3v) is 7.92. The lowest BCUT2D eigenvalue weighted by Gasteiger charge is -2.33. The summed E-state index contributed by atoms with van der Waals surface area (Å²) in [5.74, 6) is -0.978. The van der Waals surface area contributed by atoms with Crippen molar-refractivity contribution in [2.75, 3.05) is 24.2 Å². The number of carbonyl (C=O) groups is 2. The molecule has 0 aromatic heterocycles. The van der Waals surface area contributed by atoms with Crippen LogP contribution in [0.15, 0.2) is 42.5 Å². The zero-order valence-corrected chi connectivity index (χ0v) is 22.8. The van der Waals surface area contributed by atoms with Gasteiger partial charge in [0, 0.05) is 12.6 Å². The number of carbonyl (C=O) groups excluding carboxylic acids is 2. The lowest BCUT2D eigenvalue weighted by molar-refractivity contribution is -0.139. The van der Waals surface area contributed by atoms with Crippen LogP contribution in [0.1, 0.15) is 44.6 Å². The van der Waals surface area contributed by atoms with Crippen LogP contribution in [0, 0.1) is 5.82 Å². The van der Waals surface area contributed by atoms with Crippen molar-refractivity contribution in [1.82, 2.24) is 10.2 Å². The Morgan fingerprint density at radius 2 is 1.78 bits per heavy atom. The molecular weight excluding hydrogens is 521 g/mol. The largest absolute Gasteiger partial charge is 0.495 e. The molecule has 0 aliphatic heterocycles. The molecule has 1 aliphatic rings. The molecule has 1 fully saturated rings. The van der Waals surface area contributed by atoms with E-state index in [9.17, 15) is 22.4 Å². The number of rotatable bonds is 10. The highest BCUT2D eigenvalue weighted by Crippen LogP contribution is 2.30. The highest BCUT2D eigenvalue weighted by molar-refractivity contribution is 7.92. The third-order valence-electron chi connectivity index (χ3n) is 6.49. The van der Waals surface area contributed by atoms with Crippen molar-refractivity contribution in [2.45, 2.75) is 57.7 Å². The van der Waals surface area contributed by atoms with Gasteiger partial charge in [0.2, 0.25) is 21.8 Å². The summed E-state index contributed by atoms with van der Waals surface area (Å²) in [6.45, 7) is 1.05. The number of ether oxygens (including phenoxy) is 1. The van der Waals surface area contributed by atoms with Crippen LogP contribution < -0.4 is 14.4 Å². The van der Waals surface area contributed by atoms with Gasteiger partial charge in [-0.1, -0.05) is 43.0 Å². The number of anilines is 1. The smallest absolute Gasteiger partial charge is 0.244 e. The van der Waals surface area contributed by atoms with Crippen molar-refractivity contribution >= 4 is 39.1 Å². The van der Waals surface area contributed by atoms with E-state index in [1.165, 1.54) is 54.5 Å². The van der Waals surface area contributed by atoms with E-state index in [1.807, 2.05) is 0 Å². The first-order valence-electron chi connectivity index (χ1n) is 12.1. The van der Waals surface area contributed by atoms with Crippen LogP contribution in [0.25, 0.3) is 0 Å². The Morgan fingerprint density at radius 3 is 2.35 bits per heavy atom. The molecule has 11 heteroatoms. The molecule has 0 bridgehead atoms. The van der Waals surface area contributed by atoms with Crippen molar-refractivity contribution in [2.24, 2.45) is 0 Å². The molecule has 2 amide bonds. The minimum Gasteiger partial charge on any atom is -0.495 e. The van der Waals surface area contributed by atoms with Crippen LogP contribution in [0.4, 0.5) is 10.1 Å². The fourth-order valence-corrected chi connectivity index (χ4v) is 5.46. The minimum atomic E-state index is -3.89. The van der Waals surface area contributed by atoms with Crippen LogP contribution in [0.5, 0.6) is 5.75 Å². The summed E-state index contributed by atoms with van der Waals surface area (Å²) in [5, 5.41) is 3.21. The molecule has 1 N–H and O–H groups in total. The Balaban J connectivity index is 1.88. The molecule has 0 radical (unpaired) electrons. The monoisotopic (exact) mass is 553 g/mol. The molecule has 0 heterocycles. The number of benzene rings is 2. The molecule has 0 spiro atoms. The van der Waals surface area contributed by atoms with E-state index < -0.39 is 34.3 Å². The van der Waals surface area contributed by atoms with Crippen molar-refractivity contribution in [3.05, 3.63) is 58.9 Å². The molecule has 1 aliphatic carbocycles. The normalized spacial score (nSPS) is 15.1. The van der Waals surface area contributed by atoms with E-state index in [0.717, 1.165) is 42.7 Å². The lowest BCUT2D eigenvalue weighted by atomic mass is 9.95. The Kier molecular flexibility index (Phi) is 9.78. The predicted octanol–water partition coefficient (Wildman–Crippen LogP) is 4.12. The van der Waals surface area contributed by atoms with Crippen LogP contribution >= 0.6 is 11.6 Å². The molecule has 0 unspecified atom stereocenters. The maximum absolute atomic E-state index is 13.6. The zero-order valence-electron chi connectivity index (χ0n) is 21.2. The number of amides is 2. The number of nitrogens with one attached hydrogen (secondary N) is 1. The Hall–Kier alpha value is -2.85. The van der Waals surface area contributed by atoms with Crippen LogP contribution in [-0.2, 0) is 26.2 Å². The van der Waals surface area contributed by atoms with E-state index in [-0.39, 0.29) is 29.2 Å². The van der Waals surface area contributed by atoms with E-state index in [0.29, 0.717) is 11.3 Å². The molecule has 3 rings (SSSR count). The van der Waals surface area contributed by atoms with Crippen molar-refractivity contribution < 1.29 is 27.1 Å². The third kappa shape index (κ3) is 7.82. The molecule has 1 saturated carbocycles. The average Bonchev–Trinajstić information content (AvgIpc) is 2.86. The SMILES string of the molecule is COc1ccc(N(CC(=O)N(Cc2ccc(F)cc2)[C@H](C)C(=O)NC2CCCCC2)S(C)(=O)=O)cc1Cl.